The summed E-state index contributed by atoms with van der Waals surface area (Å²) in [7, 11) is -12.4. The number of nitrogens with zero attached hydrogens (tertiary/aromatic N) is 1. The number of carbonyl (C=O) groups is 2. The highest BCUT2D eigenvalue weighted by atomic mass is 33.1. The van der Waals surface area contributed by atoms with Crippen molar-refractivity contribution < 1.29 is 84.4 Å². The van der Waals surface area contributed by atoms with Crippen molar-refractivity contribution >= 4 is 57.2 Å². The van der Waals surface area contributed by atoms with E-state index < -0.39 is 59.6 Å². The number of carbonyl (C=O) groups excluding carboxylic acids is 2. The Morgan fingerprint density at radius 2 is 1.58 bits per heavy atom. The van der Waals surface area contributed by atoms with Crippen molar-refractivity contribution in [2.24, 2.45) is 5.73 Å². The summed E-state index contributed by atoms with van der Waals surface area (Å²) in [5.74, 6) is 5.52. The first-order valence-electron chi connectivity index (χ1n) is 17.9. The number of H-pyrrole nitrogens is 1. The normalized spacial score (nSPS) is 14.3. The molecule has 30 heteroatoms. The lowest BCUT2D eigenvalue weighted by molar-refractivity contribution is 0.0370. The molecule has 0 bridgehead atoms. The maximum atomic E-state index is 12.3. The van der Waals surface area contributed by atoms with Crippen molar-refractivity contribution in [2.45, 2.75) is 56.9 Å². The Hall–Kier alpha value is -2.31. The zero-order valence-corrected chi connectivity index (χ0v) is 37.5. The van der Waals surface area contributed by atoms with Crippen molar-refractivity contribution in [2.75, 3.05) is 85.5 Å². The number of alkyl carbamates (subject to hydrolysis) is 2. The fraction of sp³-hybridized carbons (Fsp3) is 0.733. The number of unbranched alkanes of at least 4 members (excludes halogenated alkanes) is 1. The lowest BCUT2D eigenvalue weighted by Crippen LogP contribution is -2.32. The number of phosphoric acid groups is 3. The van der Waals surface area contributed by atoms with Crippen LogP contribution in [0.25, 0.3) is 0 Å². The number of phosphoric ester groups is 1. The monoisotopic (exact) mass is 961 g/mol. The fourth-order valence-corrected chi connectivity index (χ4v) is 9.29. The fourth-order valence-electron chi connectivity index (χ4n) is 3.96. The van der Waals surface area contributed by atoms with Crippen molar-refractivity contribution in [3.8, 4) is 11.8 Å². The number of aromatic nitrogens is 2. The largest absolute Gasteiger partial charge is 0.490 e. The molecule has 0 aliphatic carbocycles. The van der Waals surface area contributed by atoms with E-state index in [1.807, 2.05) is 13.8 Å². The van der Waals surface area contributed by atoms with Gasteiger partial charge in [0.05, 0.1) is 58.9 Å². The van der Waals surface area contributed by atoms with Crippen molar-refractivity contribution in [3.63, 3.8) is 0 Å². The first-order valence-corrected chi connectivity index (χ1v) is 24.7. The van der Waals surface area contributed by atoms with Gasteiger partial charge in [-0.25, -0.2) is 28.1 Å². The molecule has 0 saturated carbocycles. The molecule has 1 rings (SSSR count). The molecule has 0 saturated heterocycles. The van der Waals surface area contributed by atoms with E-state index in [-0.39, 0.29) is 43.0 Å². The standard InChI is InChI=1S/C30H54N5O20P3S2/c1-30(2,9-16-52-29(39)33-12-18-49-20-19-48-17-10-31)60-59-23-50-14-4-5-15-51-28(38)32-11-6-7-24-21-35(27(37)34-26(24)36)13-8-25(47-3)22-53-57(43,44)55-58(45,46)54-56(40,41)42/h21,25H,4-5,8-20,22-23,31H2,1-3H3,(H,32,38)(H,33,39)(H,43,44)(H,45,46)(H,34,36,37)(H2,40,41,42)/t25-/m0/s1. The molecule has 25 nitrogen and oxygen atoms in total. The topological polar surface area (TPSA) is 354 Å². The van der Waals surface area contributed by atoms with E-state index in [0.717, 1.165) is 10.8 Å². The third-order valence-electron chi connectivity index (χ3n) is 6.84. The van der Waals surface area contributed by atoms with Crippen molar-refractivity contribution in [1.29, 1.82) is 0 Å². The Morgan fingerprint density at radius 1 is 0.917 bits per heavy atom. The van der Waals surface area contributed by atoms with E-state index in [1.54, 1.807) is 10.8 Å². The minimum Gasteiger partial charge on any atom is -0.450 e. The molecule has 1 heterocycles. The van der Waals surface area contributed by atoms with E-state index in [4.69, 9.17) is 43.9 Å². The predicted octanol–water partition coefficient (Wildman–Crippen LogP) is 1.39. The Labute approximate surface area is 353 Å². The van der Waals surface area contributed by atoms with E-state index >= 15 is 0 Å². The molecule has 60 heavy (non-hydrogen) atoms. The predicted molar refractivity (Wildman–Crippen MR) is 217 cm³/mol. The van der Waals surface area contributed by atoms with E-state index in [0.29, 0.717) is 71.3 Å². The molecule has 0 aliphatic heterocycles. The van der Waals surface area contributed by atoms with Gasteiger partial charge in [0.2, 0.25) is 0 Å². The first-order chi connectivity index (χ1) is 28.2. The summed E-state index contributed by atoms with van der Waals surface area (Å²) in [5, 5.41) is 5.04. The number of nitrogens with one attached hydrogen (secondary N) is 3. The quantitative estimate of drug-likeness (QED) is 0.0166. The number of hydrogen-bond donors (Lipinski definition) is 8. The van der Waals surface area contributed by atoms with Crippen LogP contribution in [0.4, 0.5) is 9.59 Å². The molecule has 9 N–H and O–H groups in total. The summed E-state index contributed by atoms with van der Waals surface area (Å²) in [6, 6.07) is 0. The number of aromatic amines is 1. The van der Waals surface area contributed by atoms with E-state index in [2.05, 4.69) is 40.6 Å². The van der Waals surface area contributed by atoms with E-state index in [9.17, 15) is 42.7 Å². The molecule has 2 unspecified atom stereocenters. The van der Waals surface area contributed by atoms with Gasteiger partial charge < -0.3 is 64.4 Å². The van der Waals surface area contributed by atoms with Gasteiger partial charge in [0.1, 0.15) is 11.5 Å². The molecule has 1 aromatic heterocycles. The zero-order chi connectivity index (χ0) is 45.1. The number of amides is 2. The van der Waals surface area contributed by atoms with Crippen LogP contribution in [-0.2, 0) is 61.8 Å². The highest BCUT2D eigenvalue weighted by molar-refractivity contribution is 8.77. The third kappa shape index (κ3) is 29.1. The molecule has 2 amide bonds. The minimum absolute atomic E-state index is 0.0897. The van der Waals surface area contributed by atoms with Gasteiger partial charge in [0.15, 0.2) is 0 Å². The Bertz CT molecular complexity index is 1770. The van der Waals surface area contributed by atoms with Gasteiger partial charge in [-0.3, -0.25) is 18.9 Å². The van der Waals surface area contributed by atoms with Crippen LogP contribution in [0.3, 0.4) is 0 Å². The smallest absolute Gasteiger partial charge is 0.450 e. The summed E-state index contributed by atoms with van der Waals surface area (Å²) in [6.07, 6.45) is 0.554. The number of methoxy groups -OCH3 is 1. The highest BCUT2D eigenvalue weighted by Crippen LogP contribution is 2.66. The molecule has 0 aromatic carbocycles. The van der Waals surface area contributed by atoms with Gasteiger partial charge >= 0.3 is 41.3 Å². The van der Waals surface area contributed by atoms with Crippen LogP contribution in [0.5, 0.6) is 0 Å². The van der Waals surface area contributed by atoms with Crippen molar-refractivity contribution in [1.82, 2.24) is 20.2 Å². The zero-order valence-electron chi connectivity index (χ0n) is 33.2. The molecular weight excluding hydrogens is 907 g/mol. The number of aryl methyl sites for hydroxylation is 1. The minimum atomic E-state index is -5.71. The average molecular weight is 962 g/mol. The van der Waals surface area contributed by atoms with Crippen molar-refractivity contribution in [3.05, 3.63) is 32.6 Å². The van der Waals surface area contributed by atoms with Gasteiger partial charge in [0.25, 0.3) is 5.56 Å². The van der Waals surface area contributed by atoms with Gasteiger partial charge in [-0.15, -0.1) is 0 Å². The molecule has 0 radical (unpaired) electrons. The van der Waals surface area contributed by atoms with E-state index in [1.165, 1.54) is 17.9 Å². The summed E-state index contributed by atoms with van der Waals surface area (Å²) in [4.78, 5) is 86.5. The molecule has 1 aromatic rings. The van der Waals surface area contributed by atoms with Crippen LogP contribution < -0.4 is 27.6 Å². The molecule has 0 spiro atoms. The van der Waals surface area contributed by atoms with Crippen LogP contribution >= 0.6 is 45.1 Å². The van der Waals surface area contributed by atoms with Crippen LogP contribution in [0.2, 0.25) is 0 Å². The lowest BCUT2D eigenvalue weighted by Gasteiger charge is -2.22. The highest BCUT2D eigenvalue weighted by Gasteiger charge is 2.41. The Morgan fingerprint density at radius 3 is 2.27 bits per heavy atom. The summed E-state index contributed by atoms with van der Waals surface area (Å²) in [6.45, 7) is 6.24. The van der Waals surface area contributed by atoms with Gasteiger partial charge in [-0.1, -0.05) is 33.4 Å². The van der Waals surface area contributed by atoms with Crippen LogP contribution in [-0.4, -0.2) is 138 Å². The first kappa shape index (κ1) is 55.7. The average Bonchev–Trinajstić information content (AvgIpc) is 3.13. The maximum absolute atomic E-state index is 12.3. The number of nitrogens with two attached hydrogens (primary N) is 1. The Balaban J connectivity index is 2.28. The maximum Gasteiger partial charge on any atom is 0.490 e. The van der Waals surface area contributed by atoms with Gasteiger partial charge in [-0.2, -0.15) is 8.62 Å². The van der Waals surface area contributed by atoms with Gasteiger partial charge in [-0.05, 0) is 39.5 Å². The van der Waals surface area contributed by atoms with Crippen LogP contribution in [0, 0.1) is 11.8 Å². The molecule has 0 fully saturated rings. The summed E-state index contributed by atoms with van der Waals surface area (Å²) < 4.78 is 78.4. The van der Waals surface area contributed by atoms with Crippen LogP contribution in [0.15, 0.2) is 15.8 Å². The third-order valence-corrected chi connectivity index (χ3v) is 13.7. The SMILES string of the molecule is CO[C@@H](CCn1cc(C#CCNC(=O)OCCCCOCSSC(C)(C)CCOC(=O)NCCOCCOCCN)c(=O)[nH]c1=O)COP(=O)(O)OP(=O)(O)OP(=O)(O)O. The number of rotatable bonds is 32. The van der Waals surface area contributed by atoms with Crippen LogP contribution in [0.1, 0.15) is 45.1 Å². The van der Waals surface area contributed by atoms with Gasteiger partial charge in [0, 0.05) is 44.3 Å². The second-order valence-electron chi connectivity index (χ2n) is 12.3. The Kier molecular flexibility index (Phi) is 27.8. The number of ether oxygens (including phenoxy) is 6. The molecular formula is C30H54N5O20P3S2. The summed E-state index contributed by atoms with van der Waals surface area (Å²) >= 11 is 0. The number of hydrogen-bond acceptors (Lipinski definition) is 19. The summed E-state index contributed by atoms with van der Waals surface area (Å²) in [5.41, 5.74) is 3.55. The second kappa shape index (κ2) is 29.9. The second-order valence-corrected chi connectivity index (χ2v) is 19.7. The molecule has 0 aliphatic rings. The molecule has 346 valence electrons. The molecule has 3 atom stereocenters. The lowest BCUT2D eigenvalue weighted by atomic mass is 10.1.